The minimum atomic E-state index is -0.247. The van der Waals surface area contributed by atoms with E-state index in [1.807, 2.05) is 19.1 Å². The van der Waals surface area contributed by atoms with Crippen molar-refractivity contribution in [2.45, 2.75) is 24.3 Å². The van der Waals surface area contributed by atoms with Gasteiger partial charge in [0, 0.05) is 29.5 Å². The van der Waals surface area contributed by atoms with Gasteiger partial charge in [-0.15, -0.1) is 11.8 Å². The lowest BCUT2D eigenvalue weighted by atomic mass is 10.1. The first kappa shape index (κ1) is 15.5. The summed E-state index contributed by atoms with van der Waals surface area (Å²) < 4.78 is 12.8. The van der Waals surface area contributed by atoms with Crippen molar-refractivity contribution in [1.82, 2.24) is 10.3 Å². The van der Waals surface area contributed by atoms with Crippen LogP contribution in [0.3, 0.4) is 0 Å². The number of rotatable bonds is 6. The zero-order valence-corrected chi connectivity index (χ0v) is 12.6. The van der Waals surface area contributed by atoms with Crippen molar-refractivity contribution < 1.29 is 9.18 Å². The maximum Gasteiger partial charge on any atom is 0.221 e. The summed E-state index contributed by atoms with van der Waals surface area (Å²) in [5, 5.41) is 2.95. The molecule has 21 heavy (non-hydrogen) atoms. The molecule has 0 fully saturated rings. The summed E-state index contributed by atoms with van der Waals surface area (Å²) in [5.74, 6) is 0.428. The highest BCUT2D eigenvalue weighted by atomic mass is 32.2. The number of nitrogens with one attached hydrogen (secondary N) is 1. The Balaban J connectivity index is 1.73. The highest BCUT2D eigenvalue weighted by molar-refractivity contribution is 7.99. The van der Waals surface area contributed by atoms with Crippen LogP contribution in [0, 0.1) is 5.82 Å². The highest BCUT2D eigenvalue weighted by Gasteiger charge is 2.09. The number of pyridine rings is 1. The maximum absolute atomic E-state index is 12.8. The smallest absolute Gasteiger partial charge is 0.221 e. The Kier molecular flexibility index (Phi) is 5.75. The van der Waals surface area contributed by atoms with Crippen LogP contribution in [0.25, 0.3) is 0 Å². The molecule has 1 amide bonds. The summed E-state index contributed by atoms with van der Waals surface area (Å²) in [7, 11) is 0. The van der Waals surface area contributed by atoms with E-state index >= 15 is 0 Å². The number of aromatic nitrogens is 1. The molecule has 0 aliphatic heterocycles. The Morgan fingerprint density at radius 3 is 2.57 bits per heavy atom. The third-order valence-corrected chi connectivity index (χ3v) is 4.01. The third kappa shape index (κ3) is 5.19. The summed E-state index contributed by atoms with van der Waals surface area (Å²) in [6.45, 7) is 1.94. The van der Waals surface area contributed by atoms with Crippen molar-refractivity contribution in [2.24, 2.45) is 0 Å². The minimum Gasteiger partial charge on any atom is -0.350 e. The van der Waals surface area contributed by atoms with E-state index in [-0.39, 0.29) is 17.8 Å². The topological polar surface area (TPSA) is 42.0 Å². The second kappa shape index (κ2) is 7.78. The van der Waals surface area contributed by atoms with E-state index in [2.05, 4.69) is 10.3 Å². The molecule has 0 bridgehead atoms. The Hall–Kier alpha value is -1.88. The average Bonchev–Trinajstić information content (AvgIpc) is 2.50. The van der Waals surface area contributed by atoms with Gasteiger partial charge in [0.2, 0.25) is 5.91 Å². The SMILES string of the molecule is CC(NC(=O)CCSc1ccc(F)cc1)c1ccncc1. The summed E-state index contributed by atoms with van der Waals surface area (Å²) in [6, 6.07) is 10.0. The van der Waals surface area contributed by atoms with Crippen LogP contribution in [-0.4, -0.2) is 16.6 Å². The highest BCUT2D eigenvalue weighted by Crippen LogP contribution is 2.19. The number of halogens is 1. The normalized spacial score (nSPS) is 11.9. The quantitative estimate of drug-likeness (QED) is 0.829. The van der Waals surface area contributed by atoms with Crippen molar-refractivity contribution >= 4 is 17.7 Å². The lowest BCUT2D eigenvalue weighted by molar-refractivity contribution is -0.121. The summed E-state index contributed by atoms with van der Waals surface area (Å²) in [5.41, 5.74) is 1.03. The molecule has 3 nitrogen and oxygen atoms in total. The van der Waals surface area contributed by atoms with Gasteiger partial charge >= 0.3 is 0 Å². The van der Waals surface area contributed by atoms with Gasteiger partial charge in [-0.2, -0.15) is 0 Å². The van der Waals surface area contributed by atoms with Crippen LogP contribution in [0.5, 0.6) is 0 Å². The molecule has 0 aliphatic rings. The van der Waals surface area contributed by atoms with Crippen LogP contribution in [-0.2, 0) is 4.79 Å². The molecular formula is C16H17FN2OS. The van der Waals surface area contributed by atoms with Crippen molar-refractivity contribution in [2.75, 3.05) is 5.75 Å². The third-order valence-electron chi connectivity index (χ3n) is 3.00. The first-order valence-electron chi connectivity index (χ1n) is 6.73. The van der Waals surface area contributed by atoms with Crippen LogP contribution in [0.4, 0.5) is 4.39 Å². The van der Waals surface area contributed by atoms with E-state index < -0.39 is 0 Å². The Labute approximate surface area is 128 Å². The molecule has 1 aromatic carbocycles. The zero-order valence-electron chi connectivity index (χ0n) is 11.8. The van der Waals surface area contributed by atoms with Gasteiger partial charge in [-0.1, -0.05) is 0 Å². The predicted molar refractivity (Wildman–Crippen MR) is 82.5 cm³/mol. The van der Waals surface area contributed by atoms with Gasteiger partial charge in [0.15, 0.2) is 0 Å². The second-order valence-electron chi connectivity index (χ2n) is 4.62. The van der Waals surface area contributed by atoms with E-state index in [1.165, 1.54) is 12.1 Å². The summed E-state index contributed by atoms with van der Waals surface area (Å²) in [4.78, 5) is 16.8. The van der Waals surface area contributed by atoms with Crippen LogP contribution >= 0.6 is 11.8 Å². The molecule has 1 aromatic heterocycles. The van der Waals surface area contributed by atoms with Gasteiger partial charge in [-0.05, 0) is 48.9 Å². The van der Waals surface area contributed by atoms with Gasteiger partial charge < -0.3 is 5.32 Å². The van der Waals surface area contributed by atoms with E-state index in [9.17, 15) is 9.18 Å². The van der Waals surface area contributed by atoms with E-state index in [0.29, 0.717) is 12.2 Å². The molecule has 0 saturated carbocycles. The van der Waals surface area contributed by atoms with Crippen LogP contribution in [0.15, 0.2) is 53.7 Å². The Bertz CT molecular complexity index is 575. The van der Waals surface area contributed by atoms with Crippen molar-refractivity contribution in [1.29, 1.82) is 0 Å². The zero-order chi connectivity index (χ0) is 15.1. The lowest BCUT2D eigenvalue weighted by Gasteiger charge is -2.13. The van der Waals surface area contributed by atoms with Gasteiger partial charge in [0.25, 0.3) is 0 Å². The number of carbonyl (C=O) groups excluding carboxylic acids is 1. The predicted octanol–water partition coefficient (Wildman–Crippen LogP) is 3.58. The molecule has 0 radical (unpaired) electrons. The molecule has 0 aliphatic carbocycles. The van der Waals surface area contributed by atoms with Gasteiger partial charge in [-0.3, -0.25) is 9.78 Å². The lowest BCUT2D eigenvalue weighted by Crippen LogP contribution is -2.26. The first-order chi connectivity index (χ1) is 10.1. The maximum atomic E-state index is 12.8. The molecule has 5 heteroatoms. The Morgan fingerprint density at radius 1 is 1.24 bits per heavy atom. The molecule has 1 unspecified atom stereocenters. The number of benzene rings is 1. The molecule has 1 heterocycles. The summed E-state index contributed by atoms with van der Waals surface area (Å²) >= 11 is 1.54. The van der Waals surface area contributed by atoms with E-state index in [0.717, 1.165) is 10.5 Å². The van der Waals surface area contributed by atoms with E-state index in [4.69, 9.17) is 0 Å². The van der Waals surface area contributed by atoms with Gasteiger partial charge in [-0.25, -0.2) is 4.39 Å². The van der Waals surface area contributed by atoms with Crippen molar-refractivity contribution in [3.05, 3.63) is 60.2 Å². The number of hydrogen-bond acceptors (Lipinski definition) is 3. The number of thioether (sulfide) groups is 1. The largest absolute Gasteiger partial charge is 0.350 e. The number of carbonyl (C=O) groups is 1. The summed E-state index contributed by atoms with van der Waals surface area (Å²) in [6.07, 6.45) is 3.85. The average molecular weight is 304 g/mol. The van der Waals surface area contributed by atoms with Crippen LogP contribution in [0.2, 0.25) is 0 Å². The minimum absolute atomic E-state index is 0.00826. The Morgan fingerprint density at radius 2 is 1.90 bits per heavy atom. The molecule has 0 spiro atoms. The van der Waals surface area contributed by atoms with Crippen molar-refractivity contribution in [3.63, 3.8) is 0 Å². The molecule has 1 atom stereocenters. The molecule has 2 aromatic rings. The molecule has 2 rings (SSSR count). The fourth-order valence-electron chi connectivity index (χ4n) is 1.84. The van der Waals surface area contributed by atoms with Crippen LogP contribution < -0.4 is 5.32 Å². The molecular weight excluding hydrogens is 287 g/mol. The number of hydrogen-bond donors (Lipinski definition) is 1. The van der Waals surface area contributed by atoms with Crippen molar-refractivity contribution in [3.8, 4) is 0 Å². The number of nitrogens with zero attached hydrogens (tertiary/aromatic N) is 1. The number of amides is 1. The van der Waals surface area contributed by atoms with Gasteiger partial charge in [0.05, 0.1) is 6.04 Å². The van der Waals surface area contributed by atoms with Gasteiger partial charge in [0.1, 0.15) is 5.82 Å². The molecule has 1 N–H and O–H groups in total. The molecule has 0 saturated heterocycles. The fourth-order valence-corrected chi connectivity index (χ4v) is 2.69. The second-order valence-corrected chi connectivity index (χ2v) is 5.79. The monoisotopic (exact) mass is 304 g/mol. The van der Waals surface area contributed by atoms with E-state index in [1.54, 1.807) is 36.3 Å². The fraction of sp³-hybridized carbons (Fsp3) is 0.250. The standard InChI is InChI=1S/C16H17FN2OS/c1-12(13-6-9-18-10-7-13)19-16(20)8-11-21-15-4-2-14(17)3-5-15/h2-7,9-10,12H,8,11H2,1H3,(H,19,20). The first-order valence-corrected chi connectivity index (χ1v) is 7.71. The molecule has 110 valence electrons. The van der Waals surface area contributed by atoms with Crippen LogP contribution in [0.1, 0.15) is 24.9 Å².